The number of rotatable bonds is 0. The summed E-state index contributed by atoms with van der Waals surface area (Å²) in [6.45, 7) is 0. The second-order valence-corrected chi connectivity index (χ2v) is 5.29. The van der Waals surface area contributed by atoms with Gasteiger partial charge in [0.2, 0.25) is 0 Å². The Bertz CT molecular complexity index is 228. The average Bonchev–Trinajstić information content (AvgIpc) is 2.53. The molecule has 0 aromatic carbocycles. The van der Waals surface area contributed by atoms with E-state index in [1.165, 1.54) is 6.42 Å². The van der Waals surface area contributed by atoms with E-state index in [0.717, 1.165) is 12.3 Å². The van der Waals surface area contributed by atoms with Crippen LogP contribution in [0.1, 0.15) is 12.8 Å². The fraction of sp³-hybridized carbons (Fsp3) is 0.875. The highest BCUT2D eigenvalue weighted by Crippen LogP contribution is 2.56. The van der Waals surface area contributed by atoms with Gasteiger partial charge in [0.05, 0.1) is 9.84 Å². The molecule has 3 rings (SSSR count). The highest BCUT2D eigenvalue weighted by Gasteiger charge is 2.60. The minimum atomic E-state index is 0.0849. The third-order valence-electron chi connectivity index (χ3n) is 3.39. The van der Waals surface area contributed by atoms with Crippen LogP contribution in [-0.2, 0) is 9.53 Å². The minimum Gasteiger partial charge on any atom is -0.461 e. The molecule has 0 spiro atoms. The molecular formula is C8H9IO2. The lowest BCUT2D eigenvalue weighted by molar-refractivity contribution is -0.143. The summed E-state index contributed by atoms with van der Waals surface area (Å²) in [6.07, 6.45) is 2.63. The fourth-order valence-corrected chi connectivity index (χ4v) is 4.15. The molecule has 3 fully saturated rings. The van der Waals surface area contributed by atoms with E-state index < -0.39 is 0 Å². The third-order valence-corrected chi connectivity index (χ3v) is 5.12. The van der Waals surface area contributed by atoms with E-state index in [-0.39, 0.29) is 18.0 Å². The molecule has 2 nitrogen and oxygen atoms in total. The maximum atomic E-state index is 11.2. The normalized spacial score (nSPS) is 58.6. The van der Waals surface area contributed by atoms with Gasteiger partial charge in [-0.15, -0.1) is 0 Å². The zero-order valence-electron chi connectivity index (χ0n) is 6.00. The number of fused-ring (bicyclic) bond motifs is 1. The predicted molar refractivity (Wildman–Crippen MR) is 47.4 cm³/mol. The van der Waals surface area contributed by atoms with Gasteiger partial charge in [0, 0.05) is 5.92 Å². The first-order valence-electron chi connectivity index (χ1n) is 4.12. The van der Waals surface area contributed by atoms with Crippen LogP contribution < -0.4 is 0 Å². The molecule has 0 aromatic rings. The Morgan fingerprint density at radius 2 is 2.27 bits per heavy atom. The lowest BCUT2D eigenvalue weighted by Gasteiger charge is -2.19. The van der Waals surface area contributed by atoms with E-state index in [1.807, 2.05) is 0 Å². The van der Waals surface area contributed by atoms with Crippen LogP contribution in [0.15, 0.2) is 0 Å². The zero-order valence-corrected chi connectivity index (χ0v) is 8.15. The van der Waals surface area contributed by atoms with Crippen LogP contribution in [0.5, 0.6) is 0 Å². The molecule has 2 aliphatic carbocycles. The summed E-state index contributed by atoms with van der Waals surface area (Å²) >= 11 is 2.45. The molecule has 3 aliphatic rings. The molecule has 11 heavy (non-hydrogen) atoms. The lowest BCUT2D eigenvalue weighted by Crippen LogP contribution is -2.26. The Balaban J connectivity index is 2.04. The Hall–Kier alpha value is 0.200. The topological polar surface area (TPSA) is 26.3 Å². The van der Waals surface area contributed by atoms with Crippen LogP contribution in [0.3, 0.4) is 0 Å². The molecule has 1 heterocycles. The summed E-state index contributed by atoms with van der Waals surface area (Å²) < 4.78 is 5.92. The van der Waals surface area contributed by atoms with Gasteiger partial charge in [0.1, 0.15) is 6.10 Å². The van der Waals surface area contributed by atoms with Gasteiger partial charge in [-0.1, -0.05) is 22.6 Å². The summed E-state index contributed by atoms with van der Waals surface area (Å²) in [5.74, 6) is 1.74. The van der Waals surface area contributed by atoms with Crippen molar-refractivity contribution >= 4 is 28.6 Å². The monoisotopic (exact) mass is 264 g/mol. The van der Waals surface area contributed by atoms with Crippen molar-refractivity contribution in [2.45, 2.75) is 22.9 Å². The fourth-order valence-electron chi connectivity index (χ4n) is 2.88. The summed E-state index contributed by atoms with van der Waals surface area (Å²) in [4.78, 5) is 11.2. The third kappa shape index (κ3) is 0.661. The Morgan fingerprint density at radius 1 is 1.45 bits per heavy atom. The van der Waals surface area contributed by atoms with Crippen molar-refractivity contribution in [3.8, 4) is 0 Å². The summed E-state index contributed by atoms with van der Waals surface area (Å²) in [5.41, 5.74) is 0. The molecule has 1 saturated heterocycles. The molecule has 0 radical (unpaired) electrons. The van der Waals surface area contributed by atoms with Crippen LogP contribution in [0.4, 0.5) is 0 Å². The first-order valence-corrected chi connectivity index (χ1v) is 5.36. The molecule has 2 saturated carbocycles. The van der Waals surface area contributed by atoms with Gasteiger partial charge in [-0.3, -0.25) is 4.79 Å². The number of hydrogen-bond acceptors (Lipinski definition) is 2. The van der Waals surface area contributed by atoms with Crippen molar-refractivity contribution in [1.29, 1.82) is 0 Å². The first kappa shape index (κ1) is 6.69. The maximum Gasteiger partial charge on any atom is 0.309 e. The van der Waals surface area contributed by atoms with E-state index in [9.17, 15) is 4.79 Å². The molecular weight excluding hydrogens is 255 g/mol. The average molecular weight is 264 g/mol. The molecule has 2 bridgehead atoms. The van der Waals surface area contributed by atoms with E-state index in [0.29, 0.717) is 9.84 Å². The van der Waals surface area contributed by atoms with Crippen LogP contribution in [0, 0.1) is 17.8 Å². The second kappa shape index (κ2) is 1.92. The van der Waals surface area contributed by atoms with Gasteiger partial charge >= 0.3 is 5.97 Å². The summed E-state index contributed by atoms with van der Waals surface area (Å²) in [5, 5.41) is 0. The smallest absolute Gasteiger partial charge is 0.309 e. The number of esters is 1. The van der Waals surface area contributed by atoms with Crippen molar-refractivity contribution in [1.82, 2.24) is 0 Å². The maximum absolute atomic E-state index is 11.2. The van der Waals surface area contributed by atoms with Gasteiger partial charge in [-0.25, -0.2) is 0 Å². The molecule has 3 heteroatoms. The Morgan fingerprint density at radius 3 is 2.91 bits per heavy atom. The highest BCUT2D eigenvalue weighted by molar-refractivity contribution is 14.1. The standard InChI is InChI=1S/C8H9IO2/c9-6-3-1-4-5(2-3)8(10)11-7(4)6/h3-7H,1-2H2/t3-,4+,5-,6-,7?/m0/s1. The molecule has 0 aromatic heterocycles. The van der Waals surface area contributed by atoms with Gasteiger partial charge < -0.3 is 4.74 Å². The molecule has 60 valence electrons. The van der Waals surface area contributed by atoms with Gasteiger partial charge in [-0.05, 0) is 18.8 Å². The van der Waals surface area contributed by atoms with E-state index >= 15 is 0 Å². The SMILES string of the molecule is O=C1OC2[C@@H](I)[C@@H]3C[C@H]1[C@H]2C3. The van der Waals surface area contributed by atoms with Gasteiger partial charge in [0.15, 0.2) is 0 Å². The summed E-state index contributed by atoms with van der Waals surface area (Å²) in [7, 11) is 0. The van der Waals surface area contributed by atoms with Crippen molar-refractivity contribution in [3.05, 3.63) is 0 Å². The first-order chi connectivity index (χ1) is 5.27. The van der Waals surface area contributed by atoms with Crippen LogP contribution in [0.2, 0.25) is 0 Å². The molecule has 1 unspecified atom stereocenters. The van der Waals surface area contributed by atoms with Crippen molar-refractivity contribution in [2.75, 3.05) is 0 Å². The number of carbonyl (C=O) groups is 1. The lowest BCUT2D eigenvalue weighted by atomic mass is 9.90. The molecule has 0 amide bonds. The molecule has 0 N–H and O–H groups in total. The van der Waals surface area contributed by atoms with Gasteiger partial charge in [0.25, 0.3) is 0 Å². The van der Waals surface area contributed by atoms with Crippen LogP contribution >= 0.6 is 22.6 Å². The van der Waals surface area contributed by atoms with E-state index in [2.05, 4.69) is 22.6 Å². The largest absolute Gasteiger partial charge is 0.461 e. The number of ether oxygens (including phenoxy) is 1. The molecule has 1 aliphatic heterocycles. The number of hydrogen-bond donors (Lipinski definition) is 0. The van der Waals surface area contributed by atoms with Crippen molar-refractivity contribution in [3.63, 3.8) is 0 Å². The number of halogens is 1. The van der Waals surface area contributed by atoms with Crippen LogP contribution in [-0.4, -0.2) is 16.0 Å². The Labute approximate surface area is 78.8 Å². The van der Waals surface area contributed by atoms with Gasteiger partial charge in [-0.2, -0.15) is 0 Å². The van der Waals surface area contributed by atoms with E-state index in [1.54, 1.807) is 0 Å². The number of alkyl halides is 1. The quantitative estimate of drug-likeness (QED) is 0.375. The predicted octanol–water partition coefficient (Wildman–Crippen LogP) is 1.37. The number of carbonyl (C=O) groups excluding carboxylic acids is 1. The summed E-state index contributed by atoms with van der Waals surface area (Å²) in [6, 6.07) is 0. The van der Waals surface area contributed by atoms with Crippen molar-refractivity contribution < 1.29 is 9.53 Å². The van der Waals surface area contributed by atoms with Crippen molar-refractivity contribution in [2.24, 2.45) is 17.8 Å². The van der Waals surface area contributed by atoms with E-state index in [4.69, 9.17) is 4.74 Å². The second-order valence-electron chi connectivity index (χ2n) is 3.85. The zero-order chi connectivity index (χ0) is 7.59. The Kier molecular flexibility index (Phi) is 1.17. The molecule has 5 atom stereocenters. The minimum absolute atomic E-state index is 0.0849. The highest BCUT2D eigenvalue weighted by atomic mass is 127. The van der Waals surface area contributed by atoms with Crippen LogP contribution in [0.25, 0.3) is 0 Å².